The van der Waals surface area contributed by atoms with E-state index in [4.69, 9.17) is 4.74 Å². The Morgan fingerprint density at radius 1 is 1.05 bits per heavy atom. The summed E-state index contributed by atoms with van der Waals surface area (Å²) in [5, 5.41) is 1.01. The number of fused-ring (bicyclic) bond motifs is 1. The van der Waals surface area contributed by atoms with Crippen molar-refractivity contribution >= 4 is 31.0 Å². The van der Waals surface area contributed by atoms with Crippen molar-refractivity contribution in [2.75, 3.05) is 0 Å². The van der Waals surface area contributed by atoms with Crippen LogP contribution in [0.5, 0.6) is 0 Å². The quantitative estimate of drug-likeness (QED) is 0.790. The van der Waals surface area contributed by atoms with E-state index in [1.165, 1.54) is 10.0 Å². The Morgan fingerprint density at radius 3 is 2.55 bits per heavy atom. The van der Waals surface area contributed by atoms with Gasteiger partial charge in [0.15, 0.2) is 0 Å². The van der Waals surface area contributed by atoms with Crippen molar-refractivity contribution in [2.24, 2.45) is 4.99 Å². The summed E-state index contributed by atoms with van der Waals surface area (Å²) in [4.78, 5) is 4.50. The first kappa shape index (κ1) is 13.4. The summed E-state index contributed by atoms with van der Waals surface area (Å²) in [5.74, 6) is 0.759. The number of para-hydroxylation sites is 1. The first-order chi connectivity index (χ1) is 9.67. The van der Waals surface area contributed by atoms with Gasteiger partial charge in [-0.15, -0.1) is 0 Å². The van der Waals surface area contributed by atoms with Crippen molar-refractivity contribution in [1.82, 2.24) is 0 Å². The molecule has 20 heavy (non-hydrogen) atoms. The van der Waals surface area contributed by atoms with Crippen LogP contribution in [0.4, 0.5) is 5.69 Å². The van der Waals surface area contributed by atoms with E-state index in [9.17, 15) is 0 Å². The van der Waals surface area contributed by atoms with Crippen molar-refractivity contribution in [1.29, 1.82) is 0 Å². The fourth-order valence-electron chi connectivity index (χ4n) is 2.44. The van der Waals surface area contributed by atoms with E-state index in [1.54, 1.807) is 0 Å². The van der Waals surface area contributed by atoms with Crippen LogP contribution in [0.15, 0.2) is 59.6 Å². The predicted molar refractivity (Wildman–Crippen MR) is 84.3 cm³/mol. The van der Waals surface area contributed by atoms with Crippen molar-refractivity contribution in [3.63, 3.8) is 0 Å². The van der Waals surface area contributed by atoms with Crippen LogP contribution in [-0.2, 0) is 10.3 Å². The molecule has 0 aliphatic carbocycles. The molecule has 1 heterocycles. The van der Waals surface area contributed by atoms with E-state index in [0.29, 0.717) is 15.0 Å². The molecule has 0 saturated carbocycles. The number of hydrogen-bond donors (Lipinski definition) is 0. The molecule has 0 spiro atoms. The van der Waals surface area contributed by atoms with Gasteiger partial charge in [0.25, 0.3) is 0 Å². The van der Waals surface area contributed by atoms with Gasteiger partial charge in [0, 0.05) is 0 Å². The Labute approximate surface area is 126 Å². The van der Waals surface area contributed by atoms with Crippen LogP contribution in [0.3, 0.4) is 0 Å². The molecule has 1 aliphatic rings. The topological polar surface area (TPSA) is 21.6 Å². The Kier molecular flexibility index (Phi) is 3.64. The van der Waals surface area contributed by atoms with Gasteiger partial charge in [0.05, 0.1) is 0 Å². The molecule has 3 rings (SSSR count). The van der Waals surface area contributed by atoms with Crippen molar-refractivity contribution < 1.29 is 4.74 Å². The molecule has 3 heteroatoms. The second-order valence-electron chi connectivity index (χ2n) is 5.08. The Hall–Kier alpha value is -1.57. The zero-order valence-corrected chi connectivity index (χ0v) is 13.4. The molecule has 2 aromatic rings. The van der Waals surface area contributed by atoms with Crippen molar-refractivity contribution in [3.8, 4) is 0 Å². The summed E-state index contributed by atoms with van der Waals surface area (Å²) in [6.07, 6.45) is 0. The standard InChI is InChI=1S/C17H17NOSe/c1-13-18-16-11-7-6-10-15(16)17(2,19-13)12-20-14-8-4-3-5-9-14/h3-11H,12H2,1-2H3. The van der Waals surface area contributed by atoms with Crippen LogP contribution in [-0.4, -0.2) is 20.9 Å². The van der Waals surface area contributed by atoms with E-state index < -0.39 is 0 Å². The van der Waals surface area contributed by atoms with E-state index >= 15 is 0 Å². The minimum atomic E-state index is -0.266. The average molecular weight is 330 g/mol. The molecule has 0 N–H and O–H groups in total. The fraction of sp³-hybridized carbons (Fsp3) is 0.235. The van der Waals surface area contributed by atoms with E-state index in [1.807, 2.05) is 13.0 Å². The molecule has 0 bridgehead atoms. The molecule has 1 aliphatic heterocycles. The van der Waals surface area contributed by atoms with Gasteiger partial charge in [0.2, 0.25) is 0 Å². The van der Waals surface area contributed by atoms with E-state index in [0.717, 1.165) is 16.9 Å². The van der Waals surface area contributed by atoms with Crippen LogP contribution in [0.1, 0.15) is 19.4 Å². The molecule has 0 radical (unpaired) electrons. The molecule has 102 valence electrons. The number of ether oxygens (including phenoxy) is 1. The molecular formula is C17H17NOSe. The fourth-order valence-corrected chi connectivity index (χ4v) is 4.55. The zero-order chi connectivity index (χ0) is 14.0. The van der Waals surface area contributed by atoms with Crippen LogP contribution in [0, 0.1) is 0 Å². The molecule has 1 unspecified atom stereocenters. The van der Waals surface area contributed by atoms with Crippen LogP contribution in [0.2, 0.25) is 5.32 Å². The normalized spacial score (nSPS) is 20.8. The van der Waals surface area contributed by atoms with Crippen molar-refractivity contribution in [2.45, 2.75) is 24.8 Å². The van der Waals surface area contributed by atoms with Crippen LogP contribution >= 0.6 is 0 Å². The van der Waals surface area contributed by atoms with Crippen LogP contribution in [0.25, 0.3) is 0 Å². The molecule has 0 saturated heterocycles. The summed E-state index contributed by atoms with van der Waals surface area (Å²) in [6, 6.07) is 18.9. The van der Waals surface area contributed by atoms with E-state index in [2.05, 4.69) is 60.4 Å². The molecule has 0 aromatic heterocycles. The summed E-state index contributed by atoms with van der Waals surface area (Å²) < 4.78 is 7.49. The SMILES string of the molecule is CC1=Nc2ccccc2C(C)(C[Se]c2ccccc2)O1. The number of rotatable bonds is 3. The summed E-state index contributed by atoms with van der Waals surface area (Å²) in [7, 11) is 0. The third-order valence-electron chi connectivity index (χ3n) is 3.38. The first-order valence-corrected chi connectivity index (χ1v) is 8.76. The third kappa shape index (κ3) is 2.65. The van der Waals surface area contributed by atoms with Gasteiger partial charge >= 0.3 is 126 Å². The third-order valence-corrected chi connectivity index (χ3v) is 6.11. The summed E-state index contributed by atoms with van der Waals surface area (Å²) in [5.41, 5.74) is 1.98. The number of benzene rings is 2. The average Bonchev–Trinajstić information content (AvgIpc) is 2.46. The van der Waals surface area contributed by atoms with Gasteiger partial charge in [-0.1, -0.05) is 0 Å². The molecule has 0 amide bonds. The van der Waals surface area contributed by atoms with Crippen molar-refractivity contribution in [3.05, 3.63) is 60.2 Å². The van der Waals surface area contributed by atoms with Gasteiger partial charge in [-0.05, 0) is 0 Å². The molecule has 2 aromatic carbocycles. The predicted octanol–water partition coefficient (Wildman–Crippen LogP) is 3.43. The molecule has 0 fully saturated rings. The second kappa shape index (κ2) is 5.43. The summed E-state index contributed by atoms with van der Waals surface area (Å²) >= 11 is 0.390. The van der Waals surface area contributed by atoms with Gasteiger partial charge in [-0.25, -0.2) is 0 Å². The molecule has 2 nitrogen and oxygen atoms in total. The number of nitrogens with zero attached hydrogens (tertiary/aromatic N) is 1. The first-order valence-electron chi connectivity index (χ1n) is 6.69. The van der Waals surface area contributed by atoms with Crippen LogP contribution < -0.4 is 4.46 Å². The van der Waals surface area contributed by atoms with E-state index in [-0.39, 0.29) is 5.60 Å². The van der Waals surface area contributed by atoms with Gasteiger partial charge < -0.3 is 0 Å². The monoisotopic (exact) mass is 331 g/mol. The van der Waals surface area contributed by atoms with Gasteiger partial charge in [0.1, 0.15) is 0 Å². The minimum absolute atomic E-state index is 0.266. The second-order valence-corrected chi connectivity index (χ2v) is 7.28. The molecule has 1 atom stereocenters. The Balaban J connectivity index is 1.86. The number of aliphatic imine (C=N–C) groups is 1. The van der Waals surface area contributed by atoms with Gasteiger partial charge in [-0.3, -0.25) is 0 Å². The maximum absolute atomic E-state index is 6.09. The molecular weight excluding hydrogens is 313 g/mol. The maximum atomic E-state index is 6.09. The van der Waals surface area contributed by atoms with Gasteiger partial charge in [-0.2, -0.15) is 0 Å². The number of hydrogen-bond acceptors (Lipinski definition) is 2. The Morgan fingerprint density at radius 2 is 1.75 bits per heavy atom. The summed E-state index contributed by atoms with van der Waals surface area (Å²) in [6.45, 7) is 4.11. The Bertz CT molecular complexity index is 638. The zero-order valence-electron chi connectivity index (χ0n) is 11.7.